The third-order valence-corrected chi connectivity index (χ3v) is 4.69. The first-order valence-corrected chi connectivity index (χ1v) is 10.5. The number of guanidine groups is 1. The van der Waals surface area contributed by atoms with Gasteiger partial charge in [0.15, 0.2) is 5.96 Å². The predicted molar refractivity (Wildman–Crippen MR) is 127 cm³/mol. The van der Waals surface area contributed by atoms with E-state index in [4.69, 9.17) is 4.74 Å². The molecule has 31 heavy (non-hydrogen) atoms. The van der Waals surface area contributed by atoms with Crippen LogP contribution in [0, 0.1) is 0 Å². The van der Waals surface area contributed by atoms with Crippen molar-refractivity contribution in [3.63, 3.8) is 0 Å². The van der Waals surface area contributed by atoms with Crippen LogP contribution in [0.1, 0.15) is 27.9 Å². The summed E-state index contributed by atoms with van der Waals surface area (Å²) in [4.78, 5) is 20.0. The largest absolute Gasteiger partial charge is 0.494 e. The zero-order valence-corrected chi connectivity index (χ0v) is 19.3. The lowest BCUT2D eigenvalue weighted by Crippen LogP contribution is -2.36. The molecule has 0 aliphatic carbocycles. The molecular weight excluding hydrogens is 390 g/mol. The number of benzene rings is 2. The van der Waals surface area contributed by atoms with Gasteiger partial charge in [0.25, 0.3) is 5.91 Å². The van der Waals surface area contributed by atoms with E-state index in [0.29, 0.717) is 18.7 Å². The Morgan fingerprint density at radius 3 is 1.94 bits per heavy atom. The minimum absolute atomic E-state index is 0.00182. The van der Waals surface area contributed by atoms with Crippen molar-refractivity contribution < 1.29 is 9.53 Å². The summed E-state index contributed by atoms with van der Waals surface area (Å²) >= 11 is 0. The highest BCUT2D eigenvalue weighted by Crippen LogP contribution is 2.12. The molecule has 7 heteroatoms. The van der Waals surface area contributed by atoms with E-state index in [9.17, 15) is 4.79 Å². The third kappa shape index (κ3) is 8.68. The fourth-order valence-corrected chi connectivity index (χ4v) is 2.89. The summed E-state index contributed by atoms with van der Waals surface area (Å²) in [6.07, 6.45) is 1.01. The highest BCUT2D eigenvalue weighted by Gasteiger charge is 2.07. The monoisotopic (exact) mass is 425 g/mol. The molecule has 1 amide bonds. The number of nitrogens with one attached hydrogen (secondary N) is 2. The quantitative estimate of drug-likeness (QED) is 0.348. The van der Waals surface area contributed by atoms with Crippen molar-refractivity contribution in [3.05, 3.63) is 65.2 Å². The van der Waals surface area contributed by atoms with E-state index < -0.39 is 0 Å². The maximum Gasteiger partial charge on any atom is 0.253 e. The number of hydrogen-bond donors (Lipinski definition) is 2. The van der Waals surface area contributed by atoms with Crippen LogP contribution in [0.5, 0.6) is 5.75 Å². The van der Waals surface area contributed by atoms with Gasteiger partial charge in [0, 0.05) is 46.3 Å². The SMILES string of the molecule is CN=C(NCc1ccc(OCCCN(C)C)cc1)NCc1ccc(C(=O)N(C)C)cc1. The van der Waals surface area contributed by atoms with Crippen molar-refractivity contribution in [3.8, 4) is 5.75 Å². The number of carbonyl (C=O) groups excluding carboxylic acids is 1. The maximum atomic E-state index is 12.0. The Bertz CT molecular complexity index is 830. The van der Waals surface area contributed by atoms with Gasteiger partial charge in [0.2, 0.25) is 0 Å². The molecule has 0 bridgehead atoms. The number of carbonyl (C=O) groups is 1. The van der Waals surface area contributed by atoms with Crippen molar-refractivity contribution in [2.45, 2.75) is 19.5 Å². The standard InChI is InChI=1S/C24H35N5O2/c1-25-24(26-17-19-7-11-21(12-8-19)23(30)29(4)5)27-18-20-9-13-22(14-10-20)31-16-6-15-28(2)3/h7-14H,6,15-18H2,1-5H3,(H2,25,26,27). The summed E-state index contributed by atoms with van der Waals surface area (Å²) in [5, 5.41) is 6.61. The van der Waals surface area contributed by atoms with Gasteiger partial charge in [-0.3, -0.25) is 9.79 Å². The number of aliphatic imine (C=N–C) groups is 1. The molecule has 0 saturated heterocycles. The van der Waals surface area contributed by atoms with Gasteiger partial charge in [-0.1, -0.05) is 24.3 Å². The van der Waals surface area contributed by atoms with Crippen LogP contribution in [-0.2, 0) is 13.1 Å². The molecule has 0 aliphatic rings. The average molecular weight is 426 g/mol. The van der Waals surface area contributed by atoms with Gasteiger partial charge in [-0.15, -0.1) is 0 Å². The summed E-state index contributed by atoms with van der Waals surface area (Å²) in [7, 11) is 9.38. The fraction of sp³-hybridized carbons (Fsp3) is 0.417. The van der Waals surface area contributed by atoms with E-state index in [-0.39, 0.29) is 5.91 Å². The third-order valence-electron chi connectivity index (χ3n) is 4.69. The van der Waals surface area contributed by atoms with Crippen molar-refractivity contribution in [2.75, 3.05) is 48.4 Å². The minimum Gasteiger partial charge on any atom is -0.494 e. The van der Waals surface area contributed by atoms with Crippen molar-refractivity contribution in [1.82, 2.24) is 20.4 Å². The lowest BCUT2D eigenvalue weighted by atomic mass is 10.1. The van der Waals surface area contributed by atoms with Crippen LogP contribution in [0.25, 0.3) is 0 Å². The molecule has 2 aromatic rings. The van der Waals surface area contributed by atoms with Crippen LogP contribution >= 0.6 is 0 Å². The second-order valence-corrected chi connectivity index (χ2v) is 7.83. The zero-order valence-electron chi connectivity index (χ0n) is 19.3. The summed E-state index contributed by atoms with van der Waals surface area (Å²) in [5.41, 5.74) is 2.91. The van der Waals surface area contributed by atoms with E-state index in [0.717, 1.165) is 42.4 Å². The van der Waals surface area contributed by atoms with Gasteiger partial charge in [0.05, 0.1) is 6.61 Å². The zero-order chi connectivity index (χ0) is 22.6. The number of amides is 1. The van der Waals surface area contributed by atoms with Crippen molar-refractivity contribution in [1.29, 1.82) is 0 Å². The van der Waals surface area contributed by atoms with E-state index in [1.807, 2.05) is 36.4 Å². The Balaban J connectivity index is 1.76. The molecule has 0 aromatic heterocycles. The van der Waals surface area contributed by atoms with E-state index >= 15 is 0 Å². The van der Waals surface area contributed by atoms with Gasteiger partial charge in [0.1, 0.15) is 5.75 Å². The minimum atomic E-state index is 0.00182. The molecule has 0 atom stereocenters. The highest BCUT2D eigenvalue weighted by atomic mass is 16.5. The summed E-state index contributed by atoms with van der Waals surface area (Å²) in [5.74, 6) is 1.61. The first kappa shape index (κ1) is 24.2. The first-order chi connectivity index (χ1) is 14.9. The Morgan fingerprint density at radius 1 is 0.903 bits per heavy atom. The van der Waals surface area contributed by atoms with Gasteiger partial charge in [-0.05, 0) is 55.9 Å². The van der Waals surface area contributed by atoms with Gasteiger partial charge in [-0.25, -0.2) is 0 Å². The number of nitrogens with zero attached hydrogens (tertiary/aromatic N) is 3. The molecular formula is C24H35N5O2. The first-order valence-electron chi connectivity index (χ1n) is 10.5. The molecule has 0 heterocycles. The van der Waals surface area contributed by atoms with Crippen LogP contribution in [0.4, 0.5) is 0 Å². The van der Waals surface area contributed by atoms with Crippen molar-refractivity contribution in [2.24, 2.45) is 4.99 Å². The Hall–Kier alpha value is -3.06. The predicted octanol–water partition coefficient (Wildman–Crippen LogP) is 2.58. The molecule has 0 spiro atoms. The van der Waals surface area contributed by atoms with E-state index in [1.54, 1.807) is 26.0 Å². The molecule has 2 N–H and O–H groups in total. The lowest BCUT2D eigenvalue weighted by molar-refractivity contribution is 0.0827. The number of rotatable bonds is 10. The molecule has 168 valence electrons. The molecule has 2 aromatic carbocycles. The number of hydrogen-bond acceptors (Lipinski definition) is 4. The van der Waals surface area contributed by atoms with Crippen LogP contribution in [-0.4, -0.2) is 70.1 Å². The second kappa shape index (κ2) is 12.6. The Kier molecular flexibility index (Phi) is 9.84. The van der Waals surface area contributed by atoms with Crippen LogP contribution in [0.15, 0.2) is 53.5 Å². The molecule has 0 radical (unpaired) electrons. The maximum absolute atomic E-state index is 12.0. The number of ether oxygens (including phenoxy) is 1. The van der Waals surface area contributed by atoms with E-state index in [1.165, 1.54) is 0 Å². The van der Waals surface area contributed by atoms with Crippen LogP contribution in [0.3, 0.4) is 0 Å². The van der Waals surface area contributed by atoms with Crippen LogP contribution in [0.2, 0.25) is 0 Å². The van der Waals surface area contributed by atoms with Gasteiger partial charge in [-0.2, -0.15) is 0 Å². The molecule has 2 rings (SSSR count). The molecule has 0 saturated carbocycles. The Morgan fingerprint density at radius 2 is 1.45 bits per heavy atom. The summed E-state index contributed by atoms with van der Waals surface area (Å²) in [6.45, 7) is 3.02. The molecule has 0 aliphatic heterocycles. The normalized spacial score (nSPS) is 11.4. The Labute approximate surface area is 186 Å². The second-order valence-electron chi connectivity index (χ2n) is 7.83. The topological polar surface area (TPSA) is 69.2 Å². The van der Waals surface area contributed by atoms with E-state index in [2.05, 4.69) is 46.8 Å². The van der Waals surface area contributed by atoms with Gasteiger partial charge < -0.3 is 25.2 Å². The average Bonchev–Trinajstić information content (AvgIpc) is 2.77. The highest BCUT2D eigenvalue weighted by molar-refractivity contribution is 5.93. The molecule has 0 unspecified atom stereocenters. The summed E-state index contributed by atoms with van der Waals surface area (Å²) in [6, 6.07) is 15.7. The smallest absolute Gasteiger partial charge is 0.253 e. The van der Waals surface area contributed by atoms with Gasteiger partial charge >= 0.3 is 0 Å². The molecule has 7 nitrogen and oxygen atoms in total. The van der Waals surface area contributed by atoms with Crippen molar-refractivity contribution >= 4 is 11.9 Å². The van der Waals surface area contributed by atoms with Crippen LogP contribution < -0.4 is 15.4 Å². The fourth-order valence-electron chi connectivity index (χ4n) is 2.89. The lowest BCUT2D eigenvalue weighted by Gasteiger charge is -2.14. The molecule has 0 fully saturated rings. The summed E-state index contributed by atoms with van der Waals surface area (Å²) < 4.78 is 5.77.